The normalized spacial score (nSPS) is 12.0. The number of hydrogen-bond donors (Lipinski definition) is 0. The highest BCUT2D eigenvalue weighted by Crippen LogP contribution is 2.38. The Bertz CT molecular complexity index is 1060. The van der Waals surface area contributed by atoms with Gasteiger partial charge in [-0.15, -0.1) is 0 Å². The van der Waals surface area contributed by atoms with Gasteiger partial charge < -0.3 is 8.99 Å². The van der Waals surface area contributed by atoms with Gasteiger partial charge in [-0.1, -0.05) is 87.5 Å². The van der Waals surface area contributed by atoms with Crippen molar-refractivity contribution in [2.75, 3.05) is 0 Å². The van der Waals surface area contributed by atoms with E-state index in [1.165, 1.54) is 15.9 Å². The van der Waals surface area contributed by atoms with Gasteiger partial charge in [0, 0.05) is 18.5 Å². The zero-order valence-electron chi connectivity index (χ0n) is 18.0. The lowest BCUT2D eigenvalue weighted by molar-refractivity contribution is 0.508. The molecule has 0 spiro atoms. The van der Waals surface area contributed by atoms with E-state index in [1.807, 2.05) is 17.1 Å². The highest BCUT2D eigenvalue weighted by atomic mass is 28.4. The molecule has 0 aliphatic heterocycles. The molecule has 4 aromatic rings. The summed E-state index contributed by atoms with van der Waals surface area (Å²) in [5, 5.41) is 2.47. The predicted octanol–water partition coefficient (Wildman–Crippen LogP) is 5.12. The third kappa shape index (κ3) is 3.59. The predicted molar refractivity (Wildman–Crippen MR) is 127 cm³/mol. The monoisotopic (exact) mass is 412 g/mol. The van der Waals surface area contributed by atoms with Crippen LogP contribution in [0.15, 0.2) is 97.6 Å². The molecule has 4 rings (SSSR count). The molecule has 0 saturated carbocycles. The van der Waals surface area contributed by atoms with E-state index in [4.69, 9.17) is 4.43 Å². The highest BCUT2D eigenvalue weighted by molar-refractivity contribution is 7.00. The first-order chi connectivity index (χ1) is 14.4. The van der Waals surface area contributed by atoms with Gasteiger partial charge in [0.25, 0.3) is 0 Å². The summed E-state index contributed by atoms with van der Waals surface area (Å²) in [6, 6.07) is 27.8. The van der Waals surface area contributed by atoms with Gasteiger partial charge in [0.15, 0.2) is 0 Å². The maximum absolute atomic E-state index is 7.14. The van der Waals surface area contributed by atoms with Gasteiger partial charge in [-0.2, -0.15) is 0 Å². The van der Waals surface area contributed by atoms with E-state index in [1.54, 1.807) is 6.20 Å². The van der Waals surface area contributed by atoms with Crippen LogP contribution in [0.3, 0.4) is 0 Å². The summed E-state index contributed by atoms with van der Waals surface area (Å²) < 4.78 is 9.17. The maximum atomic E-state index is 7.14. The first-order valence-electron chi connectivity index (χ1n) is 10.3. The third-order valence-electron chi connectivity index (χ3n) is 5.65. The van der Waals surface area contributed by atoms with Gasteiger partial charge >= 0.3 is 8.32 Å². The van der Waals surface area contributed by atoms with Crippen LogP contribution in [0.4, 0.5) is 0 Å². The Morgan fingerprint density at radius 2 is 1.43 bits per heavy atom. The summed E-state index contributed by atoms with van der Waals surface area (Å²) in [6.07, 6.45) is 5.60. The molecule has 4 heteroatoms. The maximum Gasteiger partial charge on any atom is 0.319 e. The van der Waals surface area contributed by atoms with Crippen LogP contribution in [0, 0.1) is 6.92 Å². The van der Waals surface area contributed by atoms with E-state index in [9.17, 15) is 0 Å². The van der Waals surface area contributed by atoms with Crippen molar-refractivity contribution in [3.8, 4) is 11.4 Å². The van der Waals surface area contributed by atoms with E-state index in [0.29, 0.717) is 0 Å². The molecular formula is C26H28N2OSi. The molecule has 0 aliphatic carbocycles. The molecule has 152 valence electrons. The number of rotatable bonds is 5. The Kier molecular flexibility index (Phi) is 5.35. The molecule has 3 aromatic carbocycles. The molecule has 0 radical (unpaired) electrons. The van der Waals surface area contributed by atoms with Gasteiger partial charge in [-0.3, -0.25) is 0 Å². The van der Waals surface area contributed by atoms with E-state index >= 15 is 0 Å². The second-order valence-electron chi connectivity index (χ2n) is 8.68. The molecular weight excluding hydrogens is 384 g/mol. The van der Waals surface area contributed by atoms with Crippen molar-refractivity contribution in [1.82, 2.24) is 9.55 Å². The molecule has 0 amide bonds. The Balaban J connectivity index is 1.91. The summed E-state index contributed by atoms with van der Waals surface area (Å²) in [5.41, 5.74) is 2.27. The number of aromatic nitrogens is 2. The van der Waals surface area contributed by atoms with Crippen molar-refractivity contribution >= 4 is 18.7 Å². The van der Waals surface area contributed by atoms with E-state index in [-0.39, 0.29) is 5.04 Å². The molecule has 0 saturated heterocycles. The molecule has 1 aromatic heterocycles. The van der Waals surface area contributed by atoms with Gasteiger partial charge in [-0.05, 0) is 34.0 Å². The van der Waals surface area contributed by atoms with E-state index < -0.39 is 8.32 Å². The van der Waals surface area contributed by atoms with Crippen LogP contribution >= 0.6 is 0 Å². The van der Waals surface area contributed by atoms with Crippen molar-refractivity contribution in [3.63, 3.8) is 0 Å². The fourth-order valence-corrected chi connectivity index (χ4v) is 8.57. The average Bonchev–Trinajstić information content (AvgIpc) is 3.28. The van der Waals surface area contributed by atoms with Crippen LogP contribution in [-0.4, -0.2) is 17.9 Å². The van der Waals surface area contributed by atoms with Crippen LogP contribution in [-0.2, 0) is 0 Å². The zero-order valence-corrected chi connectivity index (χ0v) is 19.0. The smallest absolute Gasteiger partial charge is 0.319 e. The second-order valence-corrected chi connectivity index (χ2v) is 12.9. The summed E-state index contributed by atoms with van der Waals surface area (Å²) in [7, 11) is -2.64. The SMILES string of the molecule is Cc1ccc(O[Si](c2ccccc2)(c2ccccc2)C(C)(C)C)cc1-n1ccnc1. The van der Waals surface area contributed by atoms with Crippen LogP contribution in [0.5, 0.6) is 5.75 Å². The standard InChI is InChI=1S/C26H28N2OSi/c1-21-15-16-22(19-25(21)28-18-17-27-20-28)29-30(26(2,3)4,23-11-7-5-8-12-23)24-13-9-6-10-14-24/h5-20H,1-4H3. The molecule has 0 unspecified atom stereocenters. The zero-order chi connectivity index (χ0) is 21.2. The average molecular weight is 413 g/mol. The van der Waals surface area contributed by atoms with Crippen LogP contribution < -0.4 is 14.8 Å². The Hall–Kier alpha value is -3.11. The van der Waals surface area contributed by atoms with Crippen LogP contribution in [0.1, 0.15) is 26.3 Å². The Morgan fingerprint density at radius 3 is 1.93 bits per heavy atom. The Morgan fingerprint density at radius 1 is 0.833 bits per heavy atom. The number of imidazole rings is 1. The third-order valence-corrected chi connectivity index (χ3v) is 10.6. The lowest BCUT2D eigenvalue weighted by Crippen LogP contribution is -2.68. The summed E-state index contributed by atoms with van der Waals surface area (Å²) in [4.78, 5) is 4.21. The van der Waals surface area contributed by atoms with Gasteiger partial charge in [0.2, 0.25) is 0 Å². The minimum absolute atomic E-state index is 0.0736. The Labute approximate surface area is 180 Å². The lowest BCUT2D eigenvalue weighted by atomic mass is 10.2. The number of aryl methyl sites for hydroxylation is 1. The van der Waals surface area contributed by atoms with Crippen molar-refractivity contribution in [3.05, 3.63) is 103 Å². The molecule has 30 heavy (non-hydrogen) atoms. The largest absolute Gasteiger partial charge is 0.534 e. The van der Waals surface area contributed by atoms with Crippen molar-refractivity contribution in [2.24, 2.45) is 0 Å². The summed E-state index contributed by atoms with van der Waals surface area (Å²) in [6.45, 7) is 9.00. The minimum Gasteiger partial charge on any atom is -0.534 e. The van der Waals surface area contributed by atoms with Crippen molar-refractivity contribution < 1.29 is 4.43 Å². The molecule has 0 N–H and O–H groups in total. The highest BCUT2D eigenvalue weighted by Gasteiger charge is 2.52. The number of hydrogen-bond acceptors (Lipinski definition) is 2. The molecule has 3 nitrogen and oxygen atoms in total. The lowest BCUT2D eigenvalue weighted by Gasteiger charge is -2.43. The summed E-state index contributed by atoms with van der Waals surface area (Å²) >= 11 is 0. The van der Waals surface area contributed by atoms with Crippen LogP contribution in [0.2, 0.25) is 5.04 Å². The first kappa shape index (κ1) is 20.2. The van der Waals surface area contributed by atoms with Gasteiger partial charge in [0.05, 0.1) is 12.0 Å². The number of nitrogens with zero attached hydrogens (tertiary/aromatic N) is 2. The first-order valence-corrected chi connectivity index (χ1v) is 12.2. The summed E-state index contributed by atoms with van der Waals surface area (Å²) in [5.74, 6) is 0.888. The fraction of sp³-hybridized carbons (Fsp3) is 0.192. The van der Waals surface area contributed by atoms with Gasteiger partial charge in [0.1, 0.15) is 5.75 Å². The second kappa shape index (κ2) is 7.96. The van der Waals surface area contributed by atoms with Crippen molar-refractivity contribution in [2.45, 2.75) is 32.7 Å². The quantitative estimate of drug-likeness (QED) is 0.426. The minimum atomic E-state index is -2.64. The van der Waals surface area contributed by atoms with E-state index in [2.05, 4.69) is 112 Å². The number of benzene rings is 3. The molecule has 0 fully saturated rings. The topological polar surface area (TPSA) is 27.1 Å². The van der Waals surface area contributed by atoms with E-state index in [0.717, 1.165) is 11.4 Å². The van der Waals surface area contributed by atoms with Gasteiger partial charge in [-0.25, -0.2) is 4.98 Å². The molecule has 0 atom stereocenters. The molecule has 1 heterocycles. The van der Waals surface area contributed by atoms with Crippen LogP contribution in [0.25, 0.3) is 5.69 Å². The van der Waals surface area contributed by atoms with Crippen molar-refractivity contribution in [1.29, 1.82) is 0 Å². The molecule has 0 aliphatic rings. The fourth-order valence-electron chi connectivity index (χ4n) is 4.16. The molecule has 0 bridgehead atoms.